The average Bonchev–Trinajstić information content (AvgIpc) is 3.25. The molecule has 0 bridgehead atoms. The Bertz CT molecular complexity index is 1150. The number of nitrogens with one attached hydrogen (secondary N) is 3. The highest BCUT2D eigenvalue weighted by molar-refractivity contribution is 6.31. The van der Waals surface area contributed by atoms with Gasteiger partial charge < -0.3 is 15.5 Å². The molecular weight excluding hydrogens is 466 g/mol. The van der Waals surface area contributed by atoms with E-state index in [9.17, 15) is 9.59 Å². The standard InChI is InChI=1S/C24H25Cl2FN4O2/c1-28-21(32)20-18(14-4-3-5-16(26)19(14)27)24(23(30-20)8-10-31(2)11-9-23)15-7-6-13(25)12-17(15)29-22(24)33/h3-7,12,18,20,30H,8-11H2,1-2H3,(H,28,32)(H,29,33)/t18-,20+,24?/m0/s1. The number of hydrogen-bond donors (Lipinski definition) is 3. The van der Waals surface area contributed by atoms with E-state index in [0.29, 0.717) is 23.6 Å². The number of likely N-dealkylation sites (tertiary alicyclic amines) is 1. The van der Waals surface area contributed by atoms with Gasteiger partial charge in [0, 0.05) is 29.2 Å². The number of fused-ring (bicyclic) bond motifs is 3. The molecule has 6 nitrogen and oxygen atoms in total. The molecule has 3 aliphatic rings. The van der Waals surface area contributed by atoms with Crippen LogP contribution in [-0.4, -0.2) is 55.5 Å². The van der Waals surface area contributed by atoms with Crippen molar-refractivity contribution < 1.29 is 14.0 Å². The van der Waals surface area contributed by atoms with E-state index in [4.69, 9.17) is 23.2 Å². The van der Waals surface area contributed by atoms with E-state index in [2.05, 4.69) is 20.9 Å². The molecule has 3 N–H and O–H groups in total. The molecule has 2 fully saturated rings. The summed E-state index contributed by atoms with van der Waals surface area (Å²) in [4.78, 5) is 29.5. The minimum atomic E-state index is -1.23. The number of benzene rings is 2. The first-order chi connectivity index (χ1) is 15.7. The van der Waals surface area contributed by atoms with Crippen molar-refractivity contribution in [2.45, 2.75) is 35.8 Å². The topological polar surface area (TPSA) is 73.5 Å². The summed E-state index contributed by atoms with van der Waals surface area (Å²) in [5.74, 6) is -1.99. The van der Waals surface area contributed by atoms with Crippen molar-refractivity contribution in [2.24, 2.45) is 0 Å². The summed E-state index contributed by atoms with van der Waals surface area (Å²) in [7, 11) is 3.57. The van der Waals surface area contributed by atoms with Crippen molar-refractivity contribution in [2.75, 3.05) is 32.5 Å². The van der Waals surface area contributed by atoms with Crippen LogP contribution in [0.5, 0.6) is 0 Å². The molecule has 2 amide bonds. The zero-order valence-electron chi connectivity index (χ0n) is 18.3. The fourth-order valence-corrected chi connectivity index (χ4v) is 6.57. The third kappa shape index (κ3) is 3.06. The molecule has 0 aromatic heterocycles. The van der Waals surface area contributed by atoms with Gasteiger partial charge in [-0.15, -0.1) is 0 Å². The number of rotatable bonds is 2. The van der Waals surface area contributed by atoms with Crippen LogP contribution in [0.15, 0.2) is 36.4 Å². The van der Waals surface area contributed by atoms with Gasteiger partial charge in [0.1, 0.15) is 11.2 Å². The van der Waals surface area contributed by atoms with Gasteiger partial charge in [-0.05, 0) is 62.3 Å². The molecule has 3 atom stereocenters. The first-order valence-corrected chi connectivity index (χ1v) is 11.7. The van der Waals surface area contributed by atoms with Crippen LogP contribution >= 0.6 is 23.2 Å². The third-order valence-electron chi connectivity index (χ3n) is 7.69. The van der Waals surface area contributed by atoms with Crippen molar-refractivity contribution in [1.29, 1.82) is 0 Å². The molecule has 5 rings (SSSR count). The molecule has 33 heavy (non-hydrogen) atoms. The number of hydrogen-bond acceptors (Lipinski definition) is 4. The van der Waals surface area contributed by atoms with Crippen LogP contribution in [0.25, 0.3) is 0 Å². The number of likely N-dealkylation sites (N-methyl/N-ethyl adjacent to an activating group) is 1. The van der Waals surface area contributed by atoms with Crippen molar-refractivity contribution in [3.05, 3.63) is 63.4 Å². The fraction of sp³-hybridized carbons (Fsp3) is 0.417. The monoisotopic (exact) mass is 490 g/mol. The molecular formula is C24H25Cl2FN4O2. The Kier molecular flexibility index (Phi) is 5.44. The normalized spacial score (nSPS) is 28.2. The van der Waals surface area contributed by atoms with E-state index in [1.54, 1.807) is 31.3 Å². The quantitative estimate of drug-likeness (QED) is 0.603. The van der Waals surface area contributed by atoms with Gasteiger partial charge >= 0.3 is 0 Å². The number of anilines is 1. The van der Waals surface area contributed by atoms with Crippen LogP contribution in [0, 0.1) is 5.82 Å². The van der Waals surface area contributed by atoms with E-state index < -0.39 is 28.7 Å². The van der Waals surface area contributed by atoms with Crippen LogP contribution in [-0.2, 0) is 15.0 Å². The van der Waals surface area contributed by atoms with E-state index in [1.165, 1.54) is 6.07 Å². The lowest BCUT2D eigenvalue weighted by Crippen LogP contribution is -2.63. The van der Waals surface area contributed by atoms with Crippen molar-refractivity contribution in [3.63, 3.8) is 0 Å². The van der Waals surface area contributed by atoms with Crippen LogP contribution in [0.4, 0.5) is 10.1 Å². The first-order valence-electron chi connectivity index (χ1n) is 11.0. The Morgan fingerprint density at radius 3 is 2.64 bits per heavy atom. The Morgan fingerprint density at radius 2 is 1.94 bits per heavy atom. The van der Waals surface area contributed by atoms with Gasteiger partial charge in [-0.2, -0.15) is 0 Å². The second-order valence-corrected chi connectivity index (χ2v) is 10.0. The lowest BCUT2D eigenvalue weighted by molar-refractivity contribution is -0.124. The Morgan fingerprint density at radius 1 is 1.21 bits per heavy atom. The van der Waals surface area contributed by atoms with Gasteiger partial charge in [0.2, 0.25) is 11.8 Å². The highest BCUT2D eigenvalue weighted by Crippen LogP contribution is 2.61. The summed E-state index contributed by atoms with van der Waals surface area (Å²) in [6.07, 6.45) is 1.23. The van der Waals surface area contributed by atoms with E-state index in [0.717, 1.165) is 18.7 Å². The lowest BCUT2D eigenvalue weighted by Gasteiger charge is -2.48. The minimum absolute atomic E-state index is 0.0441. The molecule has 174 valence electrons. The molecule has 0 radical (unpaired) electrons. The van der Waals surface area contributed by atoms with Crippen LogP contribution < -0.4 is 16.0 Å². The molecule has 0 saturated carbocycles. The SMILES string of the molecule is CNC(=O)[C@@H]1NC2(CCN(C)CC2)C2(C(=O)Nc3cc(Cl)ccc32)[C@H]1c1cccc(Cl)c1F. The molecule has 2 aromatic rings. The maximum Gasteiger partial charge on any atom is 0.237 e. The summed E-state index contributed by atoms with van der Waals surface area (Å²) in [6.45, 7) is 1.46. The summed E-state index contributed by atoms with van der Waals surface area (Å²) in [5.41, 5.74) is -0.421. The molecule has 2 aromatic carbocycles. The number of amides is 2. The average molecular weight is 491 g/mol. The Labute approximate surface area is 201 Å². The fourth-order valence-electron chi connectivity index (χ4n) is 6.22. The van der Waals surface area contributed by atoms with E-state index in [-0.39, 0.29) is 22.4 Å². The van der Waals surface area contributed by atoms with Gasteiger partial charge in [0.05, 0.1) is 11.1 Å². The van der Waals surface area contributed by atoms with Crippen molar-refractivity contribution >= 4 is 40.7 Å². The van der Waals surface area contributed by atoms with Gasteiger partial charge in [0.25, 0.3) is 0 Å². The van der Waals surface area contributed by atoms with Crippen molar-refractivity contribution in [1.82, 2.24) is 15.5 Å². The van der Waals surface area contributed by atoms with Gasteiger partial charge in [0.15, 0.2) is 0 Å². The highest BCUT2D eigenvalue weighted by atomic mass is 35.5. The Hall–Kier alpha value is -2.19. The smallest absolute Gasteiger partial charge is 0.237 e. The minimum Gasteiger partial charge on any atom is -0.358 e. The molecule has 2 spiro atoms. The third-order valence-corrected chi connectivity index (χ3v) is 8.21. The van der Waals surface area contributed by atoms with E-state index >= 15 is 4.39 Å². The molecule has 3 heterocycles. The second kappa shape index (κ2) is 7.94. The summed E-state index contributed by atoms with van der Waals surface area (Å²) in [6, 6.07) is 9.20. The number of carbonyl (C=O) groups is 2. The van der Waals surface area contributed by atoms with Crippen LogP contribution in [0.1, 0.15) is 29.9 Å². The number of carbonyl (C=O) groups excluding carboxylic acids is 2. The van der Waals surface area contributed by atoms with Crippen LogP contribution in [0.2, 0.25) is 10.0 Å². The molecule has 2 saturated heterocycles. The maximum atomic E-state index is 15.6. The summed E-state index contributed by atoms with van der Waals surface area (Å²) in [5, 5.41) is 9.70. The number of nitrogens with zero attached hydrogens (tertiary/aromatic N) is 1. The summed E-state index contributed by atoms with van der Waals surface area (Å²) >= 11 is 12.4. The van der Waals surface area contributed by atoms with Gasteiger partial charge in [-0.1, -0.05) is 41.4 Å². The Balaban J connectivity index is 1.84. The second-order valence-electron chi connectivity index (χ2n) is 9.19. The van der Waals surface area contributed by atoms with Crippen molar-refractivity contribution in [3.8, 4) is 0 Å². The predicted octanol–water partition coefficient (Wildman–Crippen LogP) is 3.29. The molecule has 3 aliphatic heterocycles. The van der Waals surface area contributed by atoms with Crippen LogP contribution in [0.3, 0.4) is 0 Å². The number of halogens is 3. The maximum absolute atomic E-state index is 15.6. The number of piperidine rings is 1. The van der Waals surface area contributed by atoms with Gasteiger partial charge in [-0.25, -0.2) is 4.39 Å². The molecule has 1 unspecified atom stereocenters. The molecule has 0 aliphatic carbocycles. The van der Waals surface area contributed by atoms with Gasteiger partial charge in [-0.3, -0.25) is 14.9 Å². The predicted molar refractivity (Wildman–Crippen MR) is 126 cm³/mol. The molecule has 9 heteroatoms. The summed E-state index contributed by atoms with van der Waals surface area (Å²) < 4.78 is 15.6. The first kappa shape index (κ1) is 22.6. The highest BCUT2D eigenvalue weighted by Gasteiger charge is 2.72. The largest absolute Gasteiger partial charge is 0.358 e. The zero-order chi connectivity index (χ0) is 23.5. The zero-order valence-corrected chi connectivity index (χ0v) is 19.9. The lowest BCUT2D eigenvalue weighted by atomic mass is 9.56. The van der Waals surface area contributed by atoms with E-state index in [1.807, 2.05) is 13.1 Å².